The number of aromatic nitrogens is 1. The first kappa shape index (κ1) is 11.2. The molecule has 0 aliphatic heterocycles. The molecule has 0 amide bonds. The molecule has 0 fully saturated rings. The Balaban J connectivity index is 2.34. The van der Waals surface area contributed by atoms with Gasteiger partial charge in [-0.25, -0.2) is 0 Å². The molecule has 78 valence electrons. The smallest absolute Gasteiger partial charge is 0.0271 e. The summed E-state index contributed by atoms with van der Waals surface area (Å²) >= 11 is 0. The van der Waals surface area contributed by atoms with Crippen LogP contribution in [-0.4, -0.2) is 11.0 Å². The fourth-order valence-corrected chi connectivity index (χ4v) is 1.33. The normalized spacial score (nSPS) is 15.1. The molecule has 1 rings (SSSR count). The first-order valence-corrected chi connectivity index (χ1v) is 5.36. The van der Waals surface area contributed by atoms with Crippen LogP contribution in [0.5, 0.6) is 0 Å². The number of hydrogen-bond acceptors (Lipinski definition) is 2. The van der Waals surface area contributed by atoms with Crippen LogP contribution in [0.3, 0.4) is 0 Å². The van der Waals surface area contributed by atoms with Crippen molar-refractivity contribution in [2.24, 2.45) is 5.92 Å². The molecule has 0 saturated carbocycles. The third-order valence-electron chi connectivity index (χ3n) is 2.88. The van der Waals surface area contributed by atoms with Gasteiger partial charge in [-0.1, -0.05) is 20.3 Å². The van der Waals surface area contributed by atoms with Gasteiger partial charge in [-0.05, 0) is 30.5 Å². The highest BCUT2D eigenvalue weighted by Gasteiger charge is 2.08. The molecule has 0 unspecified atom stereocenters. The van der Waals surface area contributed by atoms with E-state index in [1.807, 2.05) is 12.4 Å². The number of nitrogens with one attached hydrogen (secondary N) is 1. The van der Waals surface area contributed by atoms with Crippen molar-refractivity contribution < 1.29 is 0 Å². The molecule has 14 heavy (non-hydrogen) atoms. The van der Waals surface area contributed by atoms with Crippen molar-refractivity contribution >= 4 is 0 Å². The Morgan fingerprint density at radius 2 is 1.93 bits per heavy atom. The van der Waals surface area contributed by atoms with E-state index in [0.29, 0.717) is 6.04 Å². The van der Waals surface area contributed by atoms with Crippen molar-refractivity contribution in [2.75, 3.05) is 0 Å². The highest BCUT2D eigenvalue weighted by molar-refractivity contribution is 5.09. The zero-order chi connectivity index (χ0) is 10.4. The first-order chi connectivity index (χ1) is 6.74. The molecule has 0 saturated heterocycles. The van der Waals surface area contributed by atoms with Gasteiger partial charge in [0.2, 0.25) is 0 Å². The maximum atomic E-state index is 4.00. The van der Waals surface area contributed by atoms with Gasteiger partial charge >= 0.3 is 0 Å². The molecule has 0 radical (unpaired) electrons. The van der Waals surface area contributed by atoms with Gasteiger partial charge in [0.25, 0.3) is 0 Å². The van der Waals surface area contributed by atoms with Crippen molar-refractivity contribution in [1.29, 1.82) is 0 Å². The Morgan fingerprint density at radius 3 is 2.50 bits per heavy atom. The van der Waals surface area contributed by atoms with Gasteiger partial charge in [-0.3, -0.25) is 4.98 Å². The van der Waals surface area contributed by atoms with Crippen LogP contribution in [0.2, 0.25) is 0 Å². The van der Waals surface area contributed by atoms with Crippen LogP contribution in [0, 0.1) is 5.92 Å². The van der Waals surface area contributed by atoms with E-state index in [1.165, 1.54) is 12.0 Å². The van der Waals surface area contributed by atoms with E-state index in [2.05, 4.69) is 43.2 Å². The van der Waals surface area contributed by atoms with E-state index in [-0.39, 0.29) is 0 Å². The second-order valence-electron chi connectivity index (χ2n) is 3.91. The quantitative estimate of drug-likeness (QED) is 0.775. The summed E-state index contributed by atoms with van der Waals surface area (Å²) in [6.45, 7) is 7.70. The Bertz CT molecular complexity index is 246. The van der Waals surface area contributed by atoms with E-state index in [1.54, 1.807) is 0 Å². The summed E-state index contributed by atoms with van der Waals surface area (Å²) in [6.07, 6.45) is 4.90. The van der Waals surface area contributed by atoms with Gasteiger partial charge < -0.3 is 5.32 Å². The third kappa shape index (κ3) is 3.46. The van der Waals surface area contributed by atoms with Gasteiger partial charge in [0.15, 0.2) is 0 Å². The molecule has 2 nitrogen and oxygen atoms in total. The molecule has 1 aromatic heterocycles. The minimum absolute atomic E-state index is 0.577. The van der Waals surface area contributed by atoms with Crippen LogP contribution in [0.15, 0.2) is 24.5 Å². The number of rotatable bonds is 5. The van der Waals surface area contributed by atoms with Crippen LogP contribution >= 0.6 is 0 Å². The van der Waals surface area contributed by atoms with Crippen molar-refractivity contribution in [3.8, 4) is 0 Å². The standard InChI is InChI=1S/C12H20N2/c1-4-10(2)11(3)14-9-12-5-7-13-8-6-12/h5-8,10-11,14H,4,9H2,1-3H3/t10-,11-/m1/s1. The molecular formula is C12H20N2. The van der Waals surface area contributed by atoms with E-state index in [4.69, 9.17) is 0 Å². The summed E-state index contributed by atoms with van der Waals surface area (Å²) in [5.74, 6) is 0.733. The second kappa shape index (κ2) is 5.76. The van der Waals surface area contributed by atoms with Crippen molar-refractivity contribution in [3.63, 3.8) is 0 Å². The molecule has 2 heteroatoms. The summed E-state index contributed by atoms with van der Waals surface area (Å²) in [4.78, 5) is 4.00. The summed E-state index contributed by atoms with van der Waals surface area (Å²) in [5, 5.41) is 3.52. The van der Waals surface area contributed by atoms with Crippen LogP contribution in [0.4, 0.5) is 0 Å². The average molecular weight is 192 g/mol. The zero-order valence-corrected chi connectivity index (χ0v) is 9.33. The molecule has 0 bridgehead atoms. The topological polar surface area (TPSA) is 24.9 Å². The Morgan fingerprint density at radius 1 is 1.29 bits per heavy atom. The van der Waals surface area contributed by atoms with Crippen molar-refractivity contribution in [2.45, 2.75) is 39.8 Å². The Labute approximate surface area is 86.8 Å². The van der Waals surface area contributed by atoms with Gasteiger partial charge in [-0.15, -0.1) is 0 Å². The molecule has 0 spiro atoms. The predicted octanol–water partition coefficient (Wildman–Crippen LogP) is 2.61. The lowest BCUT2D eigenvalue weighted by atomic mass is 10.0. The molecule has 0 aliphatic rings. The summed E-state index contributed by atoms with van der Waals surface area (Å²) < 4.78 is 0. The van der Waals surface area contributed by atoms with Crippen LogP contribution < -0.4 is 5.32 Å². The van der Waals surface area contributed by atoms with Gasteiger partial charge in [0.05, 0.1) is 0 Å². The van der Waals surface area contributed by atoms with Gasteiger partial charge in [0, 0.05) is 25.0 Å². The molecule has 2 atom stereocenters. The zero-order valence-electron chi connectivity index (χ0n) is 9.33. The van der Waals surface area contributed by atoms with Crippen LogP contribution in [-0.2, 0) is 6.54 Å². The lowest BCUT2D eigenvalue weighted by Crippen LogP contribution is -2.31. The average Bonchev–Trinajstić information content (AvgIpc) is 2.26. The number of nitrogens with zero attached hydrogens (tertiary/aromatic N) is 1. The largest absolute Gasteiger partial charge is 0.310 e. The Hall–Kier alpha value is -0.890. The van der Waals surface area contributed by atoms with E-state index in [9.17, 15) is 0 Å². The summed E-state index contributed by atoms with van der Waals surface area (Å²) in [7, 11) is 0. The first-order valence-electron chi connectivity index (χ1n) is 5.36. The molecular weight excluding hydrogens is 172 g/mol. The van der Waals surface area contributed by atoms with Gasteiger partial charge in [0.1, 0.15) is 0 Å². The fourth-order valence-electron chi connectivity index (χ4n) is 1.33. The third-order valence-corrected chi connectivity index (χ3v) is 2.88. The van der Waals surface area contributed by atoms with Crippen molar-refractivity contribution in [3.05, 3.63) is 30.1 Å². The minimum atomic E-state index is 0.577. The molecule has 1 heterocycles. The lowest BCUT2D eigenvalue weighted by molar-refractivity contribution is 0.389. The predicted molar refractivity (Wildman–Crippen MR) is 60.0 cm³/mol. The van der Waals surface area contributed by atoms with Crippen LogP contribution in [0.25, 0.3) is 0 Å². The number of pyridine rings is 1. The highest BCUT2D eigenvalue weighted by atomic mass is 14.9. The molecule has 0 aliphatic carbocycles. The molecule has 1 aromatic rings. The highest BCUT2D eigenvalue weighted by Crippen LogP contribution is 2.07. The molecule has 0 aromatic carbocycles. The van der Waals surface area contributed by atoms with Crippen molar-refractivity contribution in [1.82, 2.24) is 10.3 Å². The van der Waals surface area contributed by atoms with Gasteiger partial charge in [-0.2, -0.15) is 0 Å². The monoisotopic (exact) mass is 192 g/mol. The maximum absolute atomic E-state index is 4.00. The second-order valence-corrected chi connectivity index (χ2v) is 3.91. The van der Waals surface area contributed by atoms with E-state index < -0.39 is 0 Å². The minimum Gasteiger partial charge on any atom is -0.310 e. The van der Waals surface area contributed by atoms with E-state index >= 15 is 0 Å². The van der Waals surface area contributed by atoms with Crippen LogP contribution in [0.1, 0.15) is 32.8 Å². The number of hydrogen-bond donors (Lipinski definition) is 1. The Kier molecular flexibility index (Phi) is 4.60. The SMILES string of the molecule is CC[C@@H](C)[C@@H](C)NCc1ccncc1. The fraction of sp³-hybridized carbons (Fsp3) is 0.583. The lowest BCUT2D eigenvalue weighted by Gasteiger charge is -2.19. The molecule has 1 N–H and O–H groups in total. The summed E-state index contributed by atoms with van der Waals surface area (Å²) in [5.41, 5.74) is 1.30. The summed E-state index contributed by atoms with van der Waals surface area (Å²) in [6, 6.07) is 4.68. The maximum Gasteiger partial charge on any atom is 0.0271 e. The van der Waals surface area contributed by atoms with E-state index in [0.717, 1.165) is 12.5 Å².